The Morgan fingerprint density at radius 3 is 2.53 bits per heavy atom. The first-order chi connectivity index (χ1) is 15.4. The molecule has 2 aromatic carbocycles. The zero-order chi connectivity index (χ0) is 23.0. The van der Waals surface area contributed by atoms with Gasteiger partial charge in [-0.1, -0.05) is 42.0 Å². The van der Waals surface area contributed by atoms with E-state index in [1.165, 1.54) is 18.4 Å². The van der Waals surface area contributed by atoms with Crippen molar-refractivity contribution in [3.8, 4) is 11.1 Å². The molecule has 0 saturated heterocycles. The number of carbonyl (C=O) groups excluding carboxylic acids is 2. The summed E-state index contributed by atoms with van der Waals surface area (Å²) in [6.45, 7) is 8.67. The quantitative estimate of drug-likeness (QED) is 0.363. The van der Waals surface area contributed by atoms with Gasteiger partial charge in [0.2, 0.25) is 0 Å². The van der Waals surface area contributed by atoms with E-state index in [1.807, 2.05) is 74.0 Å². The number of para-hydroxylation sites is 1. The number of nitrogens with one attached hydrogen (secondary N) is 1. The molecule has 0 aliphatic heterocycles. The highest BCUT2D eigenvalue weighted by Crippen LogP contribution is 2.38. The van der Waals surface area contributed by atoms with Crippen LogP contribution in [0.2, 0.25) is 0 Å². The predicted octanol–water partition coefficient (Wildman–Crippen LogP) is 6.35. The molecule has 0 bridgehead atoms. The van der Waals surface area contributed by atoms with Crippen LogP contribution in [-0.2, 0) is 11.3 Å². The van der Waals surface area contributed by atoms with Crippen LogP contribution in [0.4, 0.5) is 5.00 Å². The number of ether oxygens (including phenoxy) is 1. The van der Waals surface area contributed by atoms with Gasteiger partial charge >= 0.3 is 5.97 Å². The Labute approximate surface area is 191 Å². The first-order valence-corrected chi connectivity index (χ1v) is 11.4. The number of fused-ring (bicyclic) bond motifs is 1. The van der Waals surface area contributed by atoms with Crippen LogP contribution >= 0.6 is 11.3 Å². The molecular weight excluding hydrogens is 420 g/mol. The average molecular weight is 447 g/mol. The molecule has 1 N–H and O–H groups in total. The minimum Gasteiger partial charge on any atom is -0.465 e. The number of aryl methyl sites for hydroxylation is 4. The van der Waals surface area contributed by atoms with Gasteiger partial charge in [0.15, 0.2) is 0 Å². The Kier molecular flexibility index (Phi) is 5.89. The van der Waals surface area contributed by atoms with Crippen molar-refractivity contribution in [3.05, 3.63) is 75.8 Å². The van der Waals surface area contributed by atoms with Crippen molar-refractivity contribution < 1.29 is 14.3 Å². The maximum absolute atomic E-state index is 13.4. The maximum Gasteiger partial charge on any atom is 0.341 e. The van der Waals surface area contributed by atoms with E-state index in [0.29, 0.717) is 22.8 Å². The summed E-state index contributed by atoms with van der Waals surface area (Å²) >= 11 is 1.34. The van der Waals surface area contributed by atoms with Crippen LogP contribution < -0.4 is 5.32 Å². The molecule has 2 heterocycles. The van der Waals surface area contributed by atoms with Crippen molar-refractivity contribution in [2.75, 3.05) is 12.4 Å². The Morgan fingerprint density at radius 2 is 1.81 bits per heavy atom. The number of esters is 1. The molecule has 32 heavy (non-hydrogen) atoms. The van der Waals surface area contributed by atoms with E-state index in [4.69, 9.17) is 4.74 Å². The molecule has 0 spiro atoms. The van der Waals surface area contributed by atoms with E-state index in [2.05, 4.69) is 11.4 Å². The molecule has 0 aliphatic carbocycles. The number of thiophene rings is 1. The molecule has 0 radical (unpaired) electrons. The van der Waals surface area contributed by atoms with Gasteiger partial charge in [0, 0.05) is 28.4 Å². The number of hydrogen-bond acceptors (Lipinski definition) is 4. The van der Waals surface area contributed by atoms with Crippen LogP contribution in [0.3, 0.4) is 0 Å². The van der Waals surface area contributed by atoms with Crippen molar-refractivity contribution in [2.45, 2.75) is 34.2 Å². The molecule has 1 amide bonds. The van der Waals surface area contributed by atoms with Gasteiger partial charge < -0.3 is 14.6 Å². The monoisotopic (exact) mass is 446 g/mol. The fourth-order valence-corrected chi connectivity index (χ4v) is 5.18. The second-order valence-electron chi connectivity index (χ2n) is 7.85. The fraction of sp³-hybridized carbons (Fsp3) is 0.231. The second kappa shape index (κ2) is 8.63. The molecule has 2 aromatic heterocycles. The van der Waals surface area contributed by atoms with Crippen molar-refractivity contribution in [2.24, 2.45) is 0 Å². The van der Waals surface area contributed by atoms with Crippen molar-refractivity contribution in [1.82, 2.24) is 4.57 Å². The Hall–Kier alpha value is -3.38. The molecule has 0 fully saturated rings. The maximum atomic E-state index is 13.4. The summed E-state index contributed by atoms with van der Waals surface area (Å²) in [7, 11) is 1.36. The van der Waals surface area contributed by atoms with E-state index < -0.39 is 5.97 Å². The minimum atomic E-state index is -0.467. The number of amides is 1. The molecule has 6 heteroatoms. The third kappa shape index (κ3) is 3.60. The van der Waals surface area contributed by atoms with Gasteiger partial charge in [-0.05, 0) is 50.5 Å². The zero-order valence-corrected chi connectivity index (χ0v) is 19.7. The minimum absolute atomic E-state index is 0.236. The Bertz CT molecular complexity index is 1350. The molecular formula is C26H26N2O3S. The smallest absolute Gasteiger partial charge is 0.341 e. The highest BCUT2D eigenvalue weighted by atomic mass is 32.1. The molecule has 164 valence electrons. The van der Waals surface area contributed by atoms with Gasteiger partial charge in [-0.25, -0.2) is 4.79 Å². The van der Waals surface area contributed by atoms with Crippen LogP contribution in [0.15, 0.2) is 47.8 Å². The number of benzene rings is 2. The van der Waals surface area contributed by atoms with E-state index in [0.717, 1.165) is 38.7 Å². The fourth-order valence-electron chi connectivity index (χ4n) is 4.24. The van der Waals surface area contributed by atoms with E-state index in [1.54, 1.807) is 0 Å². The van der Waals surface area contributed by atoms with Gasteiger partial charge in [-0.2, -0.15) is 0 Å². The van der Waals surface area contributed by atoms with Crippen LogP contribution in [0.5, 0.6) is 0 Å². The largest absolute Gasteiger partial charge is 0.465 e. The standard InChI is InChI=1S/C26H26N2O3S/c1-6-28-21-10-8-7-9-18(21)17(4)23(28)24(29)27-25-22(26(30)31-5)20(14-32-25)19-13-15(2)11-12-16(19)3/h7-14H,6H2,1-5H3,(H,27,29). The first-order valence-electron chi connectivity index (χ1n) is 10.5. The average Bonchev–Trinajstić information content (AvgIpc) is 3.33. The lowest BCUT2D eigenvalue weighted by atomic mass is 9.97. The molecule has 0 saturated carbocycles. The van der Waals surface area contributed by atoms with Crippen molar-refractivity contribution in [1.29, 1.82) is 0 Å². The molecule has 0 aliphatic rings. The number of hydrogen-bond donors (Lipinski definition) is 1. The van der Waals surface area contributed by atoms with E-state index >= 15 is 0 Å². The summed E-state index contributed by atoms with van der Waals surface area (Å²) < 4.78 is 7.09. The lowest BCUT2D eigenvalue weighted by Crippen LogP contribution is -2.19. The number of rotatable bonds is 5. The van der Waals surface area contributed by atoms with Crippen LogP contribution in [-0.4, -0.2) is 23.6 Å². The summed E-state index contributed by atoms with van der Waals surface area (Å²) in [5, 5.41) is 6.45. The highest BCUT2D eigenvalue weighted by molar-refractivity contribution is 7.15. The lowest BCUT2D eigenvalue weighted by molar-refractivity contribution is 0.0603. The van der Waals surface area contributed by atoms with Gasteiger partial charge in [0.05, 0.1) is 7.11 Å². The summed E-state index contributed by atoms with van der Waals surface area (Å²) in [6, 6.07) is 14.1. The van der Waals surface area contributed by atoms with Gasteiger partial charge in [-0.15, -0.1) is 11.3 Å². The summed E-state index contributed by atoms with van der Waals surface area (Å²) in [5.74, 6) is -0.703. The number of nitrogens with zero attached hydrogens (tertiary/aromatic N) is 1. The van der Waals surface area contributed by atoms with Crippen molar-refractivity contribution >= 4 is 39.1 Å². The normalized spacial score (nSPS) is 11.0. The third-order valence-electron chi connectivity index (χ3n) is 5.85. The molecule has 0 unspecified atom stereocenters. The summed E-state index contributed by atoms with van der Waals surface area (Å²) in [5.41, 5.74) is 6.81. The number of aromatic nitrogens is 1. The van der Waals surface area contributed by atoms with Gasteiger partial charge in [-0.3, -0.25) is 4.79 Å². The van der Waals surface area contributed by atoms with E-state index in [-0.39, 0.29) is 5.91 Å². The Balaban J connectivity index is 1.81. The lowest BCUT2D eigenvalue weighted by Gasteiger charge is -2.12. The molecule has 5 nitrogen and oxygen atoms in total. The van der Waals surface area contributed by atoms with E-state index in [9.17, 15) is 9.59 Å². The summed E-state index contributed by atoms with van der Waals surface area (Å²) in [6.07, 6.45) is 0. The van der Waals surface area contributed by atoms with Gasteiger partial charge in [0.1, 0.15) is 16.3 Å². The second-order valence-corrected chi connectivity index (χ2v) is 8.73. The van der Waals surface area contributed by atoms with Crippen LogP contribution in [0.1, 0.15) is 44.5 Å². The van der Waals surface area contributed by atoms with Gasteiger partial charge in [0.25, 0.3) is 5.91 Å². The first kappa shape index (κ1) is 21.8. The molecule has 4 rings (SSSR count). The zero-order valence-electron chi connectivity index (χ0n) is 18.9. The van der Waals surface area contributed by atoms with Crippen LogP contribution in [0.25, 0.3) is 22.0 Å². The Morgan fingerprint density at radius 1 is 1.06 bits per heavy atom. The summed E-state index contributed by atoms with van der Waals surface area (Å²) in [4.78, 5) is 26.2. The SMILES string of the molecule is CCn1c(C(=O)Nc2scc(-c3cc(C)ccc3C)c2C(=O)OC)c(C)c2ccccc21. The third-order valence-corrected chi connectivity index (χ3v) is 6.74. The molecule has 4 aromatic rings. The van der Waals surface area contributed by atoms with Crippen molar-refractivity contribution in [3.63, 3.8) is 0 Å². The number of carbonyl (C=O) groups is 2. The number of methoxy groups -OCH3 is 1. The van der Waals surface area contributed by atoms with Crippen LogP contribution in [0, 0.1) is 20.8 Å². The highest BCUT2D eigenvalue weighted by Gasteiger charge is 2.26. The number of anilines is 1. The predicted molar refractivity (Wildman–Crippen MR) is 131 cm³/mol. The topological polar surface area (TPSA) is 60.3 Å². The molecule has 0 atom stereocenters.